The van der Waals surface area contributed by atoms with E-state index in [1.165, 1.54) is 35.3 Å². The lowest BCUT2D eigenvalue weighted by Gasteiger charge is -2.53. The number of halogens is 2. The molecule has 14 rings (SSSR count). The second-order valence-electron chi connectivity index (χ2n) is 35.2. The third kappa shape index (κ3) is 18.2. The SMILES string of the molecule is CC(C)(C)N1CCNCC1.CCO[C@]1(C=O)/C=C/C[C@H](C)[C@@H](C)S(=O)(=O)NC(=O)c2ccc3c(c2)N(C[C@@H]2CC[C@H]21)C[C@@]1(CCCc2cc(Cl)ccc21)CO3.CCO[C@]1(CN2CCN(C(C)(C)C)CC2)/C=C/C[C@H](C)[C@@H](C)S(=O)(=O)NC(=O)c2ccc3c(c2)N(C[C@@H]2CC[C@H]21)C[C@@]1(CCCc2cc(Cl)ccc21)CO3. The summed E-state index contributed by atoms with van der Waals surface area (Å²) in [6, 6.07) is 23.0. The highest BCUT2D eigenvalue weighted by atomic mass is 35.5. The molecule has 0 aromatic heterocycles. The van der Waals surface area contributed by atoms with Crippen LogP contribution in [0.4, 0.5) is 11.4 Å². The Morgan fingerprint density at radius 3 is 1.47 bits per heavy atom. The van der Waals surface area contributed by atoms with E-state index in [0.29, 0.717) is 75.1 Å². The minimum atomic E-state index is -3.98. The van der Waals surface area contributed by atoms with Crippen molar-refractivity contribution in [3.05, 3.63) is 141 Å². The Morgan fingerprint density at radius 2 is 1.04 bits per heavy atom. The molecule has 109 heavy (non-hydrogen) atoms. The fraction of sp³-hybridized carbons (Fsp3) is 0.640. The summed E-state index contributed by atoms with van der Waals surface area (Å²) in [5.74, 6) is 0.314. The Morgan fingerprint density at radius 1 is 0.578 bits per heavy atom. The van der Waals surface area contributed by atoms with Crippen molar-refractivity contribution >= 4 is 72.7 Å². The fourth-order valence-electron chi connectivity index (χ4n) is 19.1. The average molecular weight is 1580 g/mol. The number of hydrogen-bond donors (Lipinski definition) is 3. The lowest BCUT2D eigenvalue weighted by Crippen LogP contribution is -2.60. The highest BCUT2D eigenvalue weighted by Crippen LogP contribution is 2.52. The van der Waals surface area contributed by atoms with Crippen LogP contribution in [0.25, 0.3) is 0 Å². The van der Waals surface area contributed by atoms with Gasteiger partial charge in [-0.1, -0.05) is 67.4 Å². The van der Waals surface area contributed by atoms with Crippen molar-refractivity contribution in [3.8, 4) is 11.5 Å². The van der Waals surface area contributed by atoms with E-state index < -0.39 is 53.6 Å². The fourth-order valence-corrected chi connectivity index (χ4v) is 22.1. The van der Waals surface area contributed by atoms with Gasteiger partial charge in [0.25, 0.3) is 11.8 Å². The van der Waals surface area contributed by atoms with Gasteiger partial charge >= 0.3 is 0 Å². The number of aryl methyl sites for hydroxylation is 2. The zero-order valence-electron chi connectivity index (χ0n) is 66.7. The number of ether oxygens (including phenoxy) is 4. The standard InChI is InChI=1S/C43H61ClN4O5S.C35H43ClN2O6S.C8H18N2/c1-7-53-43(28-46-20-22-48(23-21-46)41(4,5)6)19-8-10-30(2)31(3)54(50,51)45-40(49)33-13-17-39-38(25-33)47(26-34-12-15-37(34)43)27-42(29-52-39)18-9-11-32-24-35(44)14-16-36(32)42;1-4-44-35(21-39)16-5-7-23(2)24(3)45(41,42)37-33(40)26-10-14-32-31(18-26)38(19-27-9-12-30(27)35)20-34(22-43-32)15-6-8-25-17-28(36)11-13-29(25)34;1-8(2,3)10-6-4-9-5-7-10/h8,13-14,16-17,19,24-25,30-31,34,37H,7,9-12,15,18,20-23,26-29H2,1-6H3,(H,45,49);5,10-11,13-14,16-18,21,23-24,27,30H,4,6-9,12,15,19-20,22H2,1-3H3,(H,37,40);9H,4-7H2,1-3H3/b19-8+;16-5+;/t30-,31+,34-,37+,42-,43-;23-,24+,27-,30+,34-,35-;/m00./s1. The predicted octanol–water partition coefficient (Wildman–Crippen LogP) is 13.6. The zero-order chi connectivity index (χ0) is 78.1. The number of hydrogen-bond acceptors (Lipinski definition) is 17. The zero-order valence-corrected chi connectivity index (χ0v) is 69.9. The molecule has 10 aliphatic rings. The van der Waals surface area contributed by atoms with Crippen molar-refractivity contribution in [2.24, 2.45) is 35.5 Å². The van der Waals surface area contributed by atoms with E-state index in [1.807, 2.05) is 57.2 Å². The molecule has 3 N–H and O–H groups in total. The van der Waals surface area contributed by atoms with Crippen LogP contribution >= 0.6 is 23.2 Å². The maximum atomic E-state index is 13.7. The minimum absolute atomic E-state index is 0.0388. The van der Waals surface area contributed by atoms with E-state index in [-0.39, 0.29) is 51.5 Å². The summed E-state index contributed by atoms with van der Waals surface area (Å²) in [6.45, 7) is 39.0. The molecule has 2 spiro atoms. The molecule has 4 aliphatic carbocycles. The lowest BCUT2D eigenvalue weighted by molar-refractivity contribution is -0.140. The molecule has 4 aromatic rings. The van der Waals surface area contributed by atoms with Crippen LogP contribution in [0.5, 0.6) is 11.5 Å². The first-order valence-electron chi connectivity index (χ1n) is 40.5. The van der Waals surface area contributed by atoms with Crippen LogP contribution in [0.15, 0.2) is 97.1 Å². The van der Waals surface area contributed by atoms with Crippen molar-refractivity contribution in [3.63, 3.8) is 0 Å². The van der Waals surface area contributed by atoms with Gasteiger partial charge in [-0.25, -0.2) is 26.3 Å². The number of sulfonamides is 2. The van der Waals surface area contributed by atoms with Gasteiger partial charge in [0.15, 0.2) is 6.29 Å². The number of anilines is 2. The molecule has 0 unspecified atom stereocenters. The molecule has 4 bridgehead atoms. The maximum Gasteiger partial charge on any atom is 0.264 e. The normalized spacial score (nSPS) is 32.1. The van der Waals surface area contributed by atoms with Gasteiger partial charge in [0.1, 0.15) is 22.7 Å². The number of piperazine rings is 2. The first kappa shape index (κ1) is 82.9. The van der Waals surface area contributed by atoms with Gasteiger partial charge in [0.05, 0.1) is 35.1 Å². The largest absolute Gasteiger partial charge is 0.490 e. The van der Waals surface area contributed by atoms with E-state index in [2.05, 4.69) is 124 Å². The minimum Gasteiger partial charge on any atom is -0.490 e. The molecule has 6 aliphatic heterocycles. The Balaban J connectivity index is 0.000000182. The number of carbonyl (C=O) groups excluding carboxylic acids is 3. The number of fused-ring (bicyclic) bond motifs is 8. The molecule has 12 atom stereocenters. The molecule has 19 nitrogen and oxygen atoms in total. The summed E-state index contributed by atoms with van der Waals surface area (Å²) >= 11 is 12.9. The second kappa shape index (κ2) is 33.8. The molecule has 2 saturated carbocycles. The van der Waals surface area contributed by atoms with Crippen molar-refractivity contribution in [1.29, 1.82) is 0 Å². The van der Waals surface area contributed by atoms with Crippen molar-refractivity contribution in [1.82, 2.24) is 29.5 Å². The Kier molecular flexibility index (Phi) is 25.7. The number of allylic oxidation sites excluding steroid dienone is 2. The molecule has 6 heterocycles. The third-order valence-corrected chi connectivity index (χ3v) is 30.5. The van der Waals surface area contributed by atoms with Crippen LogP contribution in [0.3, 0.4) is 0 Å². The van der Waals surface area contributed by atoms with Gasteiger partial charge in [0, 0.05) is 147 Å². The molecule has 2 saturated heterocycles. The molecular weight excluding hydrogens is 1460 g/mol. The number of rotatable bonds is 7. The molecule has 4 aromatic carbocycles. The van der Waals surface area contributed by atoms with Crippen molar-refractivity contribution in [2.75, 3.05) is 121 Å². The van der Waals surface area contributed by atoms with Crippen LogP contribution in [0.2, 0.25) is 10.0 Å². The van der Waals surface area contributed by atoms with Crippen LogP contribution in [-0.4, -0.2) is 194 Å². The number of amides is 2. The van der Waals surface area contributed by atoms with E-state index in [1.54, 1.807) is 38.1 Å². The van der Waals surface area contributed by atoms with Crippen LogP contribution in [0.1, 0.15) is 190 Å². The van der Waals surface area contributed by atoms with E-state index in [9.17, 15) is 31.2 Å². The molecule has 598 valence electrons. The summed E-state index contributed by atoms with van der Waals surface area (Å²) in [6.07, 6.45) is 19.9. The van der Waals surface area contributed by atoms with Gasteiger partial charge in [0.2, 0.25) is 20.0 Å². The number of carbonyl (C=O) groups is 3. The van der Waals surface area contributed by atoms with Gasteiger partial charge in [-0.15, -0.1) is 0 Å². The molecule has 23 heteroatoms. The van der Waals surface area contributed by atoms with Crippen molar-refractivity contribution in [2.45, 2.75) is 204 Å². The Labute approximate surface area is 660 Å². The predicted molar refractivity (Wildman–Crippen MR) is 437 cm³/mol. The monoisotopic (exact) mass is 1580 g/mol. The summed E-state index contributed by atoms with van der Waals surface area (Å²) in [5, 5.41) is 3.20. The molecule has 2 amide bonds. The molecule has 4 fully saturated rings. The first-order valence-corrected chi connectivity index (χ1v) is 44.4. The van der Waals surface area contributed by atoms with Crippen LogP contribution in [0, 0.1) is 35.5 Å². The number of aldehydes is 1. The number of benzene rings is 4. The van der Waals surface area contributed by atoms with Crippen molar-refractivity contribution < 1.29 is 50.2 Å². The average Bonchev–Trinajstić information content (AvgIpc) is 1.67. The summed E-state index contributed by atoms with van der Waals surface area (Å²) < 4.78 is 85.2. The molecular formula is C86H122Cl2N8O11S2. The second-order valence-corrected chi connectivity index (χ2v) is 40.1. The number of nitrogens with zero attached hydrogens (tertiary/aromatic N) is 5. The van der Waals surface area contributed by atoms with Gasteiger partial charge < -0.3 is 34.1 Å². The quantitative estimate of drug-likeness (QED) is 0.116. The summed E-state index contributed by atoms with van der Waals surface area (Å²) in [4.78, 5) is 52.4. The van der Waals surface area contributed by atoms with E-state index in [4.69, 9.17) is 42.1 Å². The topological polar surface area (TPSA) is 209 Å². The third-order valence-electron chi connectivity index (χ3n) is 26.2. The Hall–Kier alpha value is -5.59. The highest BCUT2D eigenvalue weighted by Gasteiger charge is 2.53. The van der Waals surface area contributed by atoms with Crippen LogP contribution in [-0.2, 0) is 58.0 Å². The smallest absolute Gasteiger partial charge is 0.264 e. The van der Waals surface area contributed by atoms with Gasteiger partial charge in [-0.3, -0.25) is 29.1 Å². The van der Waals surface area contributed by atoms with E-state index in [0.717, 1.165) is 157 Å². The highest BCUT2D eigenvalue weighted by molar-refractivity contribution is 7.91. The first-order chi connectivity index (χ1) is 51.7. The Bertz CT molecular complexity index is 4210. The maximum absolute atomic E-state index is 13.7. The van der Waals surface area contributed by atoms with E-state index >= 15 is 0 Å². The lowest BCUT2D eigenvalue weighted by atomic mass is 9.63. The van der Waals surface area contributed by atoms with Crippen LogP contribution < -0.4 is 34.0 Å². The van der Waals surface area contributed by atoms with Gasteiger partial charge in [-0.05, 0) is 265 Å². The summed E-state index contributed by atoms with van der Waals surface area (Å²) in [7, 11) is -7.94. The molecule has 0 radical (unpaired) electrons. The van der Waals surface area contributed by atoms with Gasteiger partial charge in [-0.2, -0.15) is 0 Å². The number of nitrogens with one attached hydrogen (secondary N) is 3. The summed E-state index contributed by atoms with van der Waals surface area (Å²) in [5.41, 5.74) is 5.49.